The predicted octanol–water partition coefficient (Wildman–Crippen LogP) is 6.35. The normalized spacial score (nSPS) is 19.0. The van der Waals surface area contributed by atoms with Crippen molar-refractivity contribution in [1.82, 2.24) is 9.55 Å². The Morgan fingerprint density at radius 3 is 2.54 bits per heavy atom. The van der Waals surface area contributed by atoms with E-state index < -0.39 is 11.9 Å². The highest BCUT2D eigenvalue weighted by Gasteiger charge is 2.45. The number of nitrogens with zero attached hydrogens (tertiary/aromatic N) is 3. The third-order valence-electron chi connectivity index (χ3n) is 5.89. The van der Waals surface area contributed by atoms with Crippen molar-refractivity contribution in [3.05, 3.63) is 107 Å². The number of halogens is 2. The van der Waals surface area contributed by atoms with E-state index >= 15 is 0 Å². The largest absolute Gasteiger partial charge is 0.491 e. The summed E-state index contributed by atoms with van der Waals surface area (Å²) in [4.78, 5) is 17.2. The molecule has 0 radical (unpaired) electrons. The molecule has 37 heavy (non-hydrogen) atoms. The van der Waals surface area contributed by atoms with Gasteiger partial charge in [-0.2, -0.15) is 0 Å². The van der Waals surface area contributed by atoms with E-state index in [1.165, 1.54) is 4.90 Å². The number of hydrogen-bond donors (Lipinski definition) is 1. The Hall–Kier alpha value is -3.56. The number of anilines is 2. The van der Waals surface area contributed by atoms with E-state index in [9.17, 15) is 9.90 Å². The fourth-order valence-corrected chi connectivity index (χ4v) is 4.76. The summed E-state index contributed by atoms with van der Waals surface area (Å²) in [5.41, 5.74) is 1.72. The van der Waals surface area contributed by atoms with Crippen LogP contribution in [0.2, 0.25) is 10.0 Å². The molecule has 3 aromatic carbocycles. The van der Waals surface area contributed by atoms with Crippen LogP contribution in [0.25, 0.3) is 0 Å². The molecule has 190 valence electrons. The molecule has 4 aromatic rings. The van der Waals surface area contributed by atoms with E-state index in [-0.39, 0.29) is 19.3 Å². The lowest BCUT2D eigenvalue weighted by molar-refractivity contribution is -0.189. The minimum Gasteiger partial charge on any atom is -0.491 e. The van der Waals surface area contributed by atoms with Crippen LogP contribution in [0.1, 0.15) is 5.56 Å². The van der Waals surface area contributed by atoms with Crippen LogP contribution < -0.4 is 9.64 Å². The maximum Gasteiger partial charge on any atom is 0.416 e. The summed E-state index contributed by atoms with van der Waals surface area (Å²) in [6.07, 6.45) is 3.72. The highest BCUT2D eigenvalue weighted by Crippen LogP contribution is 2.40. The van der Waals surface area contributed by atoms with Gasteiger partial charge in [0.15, 0.2) is 0 Å². The van der Waals surface area contributed by atoms with E-state index in [4.69, 9.17) is 37.4 Å². The van der Waals surface area contributed by atoms with Crippen LogP contribution in [-0.2, 0) is 21.8 Å². The maximum atomic E-state index is 11.9. The van der Waals surface area contributed by atoms with Gasteiger partial charge in [-0.15, -0.1) is 0 Å². The topological polar surface area (TPSA) is 86.0 Å². The molecule has 1 amide bonds. The number of imidazole rings is 1. The molecule has 0 spiro atoms. The molecule has 0 bridgehead atoms. The molecule has 0 saturated carbocycles. The van der Waals surface area contributed by atoms with Crippen LogP contribution in [0.4, 0.5) is 16.2 Å². The number of benzene rings is 3. The number of ether oxygens (including phenoxy) is 3. The van der Waals surface area contributed by atoms with Crippen molar-refractivity contribution in [3.8, 4) is 5.75 Å². The van der Waals surface area contributed by atoms with Gasteiger partial charge in [0.1, 0.15) is 18.5 Å². The van der Waals surface area contributed by atoms with Crippen LogP contribution in [0.5, 0.6) is 5.75 Å². The van der Waals surface area contributed by atoms with Gasteiger partial charge in [-0.3, -0.25) is 0 Å². The maximum absolute atomic E-state index is 11.9. The second kappa shape index (κ2) is 10.8. The van der Waals surface area contributed by atoms with Crippen molar-refractivity contribution in [2.45, 2.75) is 18.4 Å². The van der Waals surface area contributed by atoms with Crippen molar-refractivity contribution in [3.63, 3.8) is 0 Å². The van der Waals surface area contributed by atoms with Gasteiger partial charge >= 0.3 is 6.09 Å². The molecule has 1 saturated heterocycles. The van der Waals surface area contributed by atoms with E-state index in [2.05, 4.69) is 4.98 Å². The molecule has 1 aromatic heterocycles. The van der Waals surface area contributed by atoms with E-state index in [1.54, 1.807) is 79.3 Å². The summed E-state index contributed by atoms with van der Waals surface area (Å²) < 4.78 is 20.4. The van der Waals surface area contributed by atoms with Crippen molar-refractivity contribution in [2.24, 2.45) is 0 Å². The zero-order valence-electron chi connectivity index (χ0n) is 19.5. The van der Waals surface area contributed by atoms with Gasteiger partial charge in [0.05, 0.1) is 35.9 Å². The fraction of sp³-hybridized carbons (Fsp3) is 0.185. The Morgan fingerprint density at radius 1 is 1.11 bits per heavy atom. The molecule has 2 atom stereocenters. The first kappa shape index (κ1) is 25.1. The van der Waals surface area contributed by atoms with Gasteiger partial charge < -0.3 is 23.9 Å². The second-order valence-corrected chi connectivity index (χ2v) is 9.27. The number of carboxylic acid groups (broad SMARTS) is 1. The monoisotopic (exact) mass is 539 g/mol. The van der Waals surface area contributed by atoms with Crippen molar-refractivity contribution >= 4 is 40.7 Å². The van der Waals surface area contributed by atoms with Gasteiger partial charge in [-0.25, -0.2) is 14.7 Å². The summed E-state index contributed by atoms with van der Waals surface area (Å²) in [7, 11) is 0. The third-order valence-corrected chi connectivity index (χ3v) is 6.44. The minimum atomic E-state index is -1.14. The smallest absolute Gasteiger partial charge is 0.416 e. The summed E-state index contributed by atoms with van der Waals surface area (Å²) in [5, 5.41) is 10.7. The third kappa shape index (κ3) is 5.57. The zero-order valence-corrected chi connectivity index (χ0v) is 21.0. The number of carbonyl (C=O) groups is 1. The van der Waals surface area contributed by atoms with Crippen molar-refractivity contribution in [2.75, 3.05) is 18.1 Å². The number of hydrogen-bond acceptors (Lipinski definition) is 5. The Kier molecular flexibility index (Phi) is 7.34. The van der Waals surface area contributed by atoms with Crippen molar-refractivity contribution < 1.29 is 24.1 Å². The first-order chi connectivity index (χ1) is 17.9. The van der Waals surface area contributed by atoms with E-state index in [0.717, 1.165) is 0 Å². The summed E-state index contributed by atoms with van der Waals surface area (Å²) in [5.74, 6) is -0.569. The number of aromatic nitrogens is 2. The number of rotatable bonds is 8. The van der Waals surface area contributed by atoms with Gasteiger partial charge in [-0.1, -0.05) is 47.5 Å². The summed E-state index contributed by atoms with van der Waals surface area (Å²) in [6.45, 7) is 0.841. The Morgan fingerprint density at radius 2 is 1.86 bits per heavy atom. The van der Waals surface area contributed by atoms with Gasteiger partial charge in [0, 0.05) is 23.0 Å². The molecule has 2 unspecified atom stereocenters. The number of amides is 1. The zero-order chi connectivity index (χ0) is 25.8. The van der Waals surface area contributed by atoms with Crippen LogP contribution in [0.3, 0.4) is 0 Å². The first-order valence-electron chi connectivity index (χ1n) is 11.5. The Balaban J connectivity index is 1.28. The molecule has 5 rings (SSSR count). The lowest BCUT2D eigenvalue weighted by Crippen LogP contribution is -2.34. The standard InChI is InChI=1S/C27H23Cl2N3O5/c28-19-6-11-24(25(29)14-19)27(17-31-13-12-30-18-31)36-16-23(37-27)15-35-22-9-7-21(8-10-22)32(26(33)34)20-4-2-1-3-5-20/h1-14,18,23H,15-17H2,(H,33,34). The van der Waals surface area contributed by atoms with Gasteiger partial charge in [0.25, 0.3) is 0 Å². The fourth-order valence-electron chi connectivity index (χ4n) is 4.20. The van der Waals surface area contributed by atoms with Crippen LogP contribution in [0.15, 0.2) is 91.5 Å². The first-order valence-corrected chi connectivity index (χ1v) is 12.2. The number of para-hydroxylation sites is 1. The van der Waals surface area contributed by atoms with Crippen LogP contribution in [-0.4, -0.2) is 40.1 Å². The Labute approximate surface area is 223 Å². The second-order valence-electron chi connectivity index (χ2n) is 8.42. The quantitative estimate of drug-likeness (QED) is 0.280. The molecular weight excluding hydrogens is 517 g/mol. The van der Waals surface area contributed by atoms with Gasteiger partial charge in [0.2, 0.25) is 5.79 Å². The molecule has 1 fully saturated rings. The summed E-state index contributed by atoms with van der Waals surface area (Å²) >= 11 is 12.6. The lowest BCUT2D eigenvalue weighted by atomic mass is 10.1. The molecule has 0 aliphatic carbocycles. The molecule has 1 aliphatic rings. The van der Waals surface area contributed by atoms with Gasteiger partial charge in [-0.05, 0) is 48.5 Å². The predicted molar refractivity (Wildman–Crippen MR) is 140 cm³/mol. The Bertz CT molecular complexity index is 1350. The molecule has 10 heteroatoms. The van der Waals surface area contributed by atoms with Crippen LogP contribution >= 0.6 is 23.2 Å². The SMILES string of the molecule is O=C(O)N(c1ccccc1)c1ccc(OCC2COC(Cn3ccnc3)(c3ccc(Cl)cc3Cl)O2)cc1. The average Bonchev–Trinajstić information content (AvgIpc) is 3.55. The highest BCUT2D eigenvalue weighted by molar-refractivity contribution is 6.35. The average molecular weight is 540 g/mol. The van der Waals surface area contributed by atoms with Crippen molar-refractivity contribution in [1.29, 1.82) is 0 Å². The highest BCUT2D eigenvalue weighted by atomic mass is 35.5. The lowest BCUT2D eigenvalue weighted by Gasteiger charge is -2.30. The van der Waals surface area contributed by atoms with E-state index in [0.29, 0.717) is 39.3 Å². The van der Waals surface area contributed by atoms with E-state index in [1.807, 2.05) is 16.8 Å². The molecule has 2 heterocycles. The summed E-state index contributed by atoms with van der Waals surface area (Å²) in [6, 6.07) is 20.9. The molecule has 1 aliphatic heterocycles. The minimum absolute atomic E-state index is 0.220. The molecule has 8 nitrogen and oxygen atoms in total. The molecular formula is C27H23Cl2N3O5. The molecule has 1 N–H and O–H groups in total. The van der Waals surface area contributed by atoms with Crippen LogP contribution in [0, 0.1) is 0 Å².